The van der Waals surface area contributed by atoms with E-state index in [1.54, 1.807) is 12.3 Å². The second-order valence-corrected chi connectivity index (χ2v) is 5.32. The van der Waals surface area contributed by atoms with Crippen LogP contribution < -0.4 is 5.32 Å². The molecule has 2 rings (SSSR count). The number of hydrogen-bond donors (Lipinski definition) is 1. The van der Waals surface area contributed by atoms with Crippen molar-refractivity contribution in [2.45, 2.75) is 20.3 Å². The highest BCUT2D eigenvalue weighted by atomic mass is 16.2. The number of hydrogen-bond acceptors (Lipinski definition) is 3. The zero-order valence-electron chi connectivity index (χ0n) is 10.7. The number of nitrogens with zero attached hydrogens (tertiary/aromatic N) is 2. The summed E-state index contributed by atoms with van der Waals surface area (Å²) in [6, 6.07) is 3.65. The normalized spacial score (nSPS) is 18.2. The van der Waals surface area contributed by atoms with Crippen molar-refractivity contribution in [1.29, 1.82) is 0 Å². The molecule has 4 nitrogen and oxygen atoms in total. The Morgan fingerprint density at radius 2 is 2.29 bits per heavy atom. The number of carbonyl (C=O) groups is 1. The quantitative estimate of drug-likeness (QED) is 0.849. The van der Waals surface area contributed by atoms with Gasteiger partial charge in [-0.2, -0.15) is 0 Å². The minimum Gasteiger partial charge on any atom is -0.388 e. The van der Waals surface area contributed by atoms with Crippen LogP contribution in [0.2, 0.25) is 0 Å². The molecule has 0 aromatic carbocycles. The van der Waals surface area contributed by atoms with Gasteiger partial charge in [-0.3, -0.25) is 9.78 Å². The zero-order chi connectivity index (χ0) is 12.5. The van der Waals surface area contributed by atoms with Gasteiger partial charge in [0.1, 0.15) is 5.69 Å². The molecule has 0 aliphatic carbocycles. The molecule has 0 atom stereocenters. The molecule has 1 aromatic heterocycles. The smallest absolute Gasteiger partial charge is 0.272 e. The Bertz CT molecular complexity index is 428. The maximum absolute atomic E-state index is 12.2. The summed E-state index contributed by atoms with van der Waals surface area (Å²) in [4.78, 5) is 18.3. The molecular weight excluding hydrogens is 214 g/mol. The number of anilines is 1. The molecule has 92 valence electrons. The number of nitrogens with one attached hydrogen (secondary N) is 1. The van der Waals surface area contributed by atoms with Gasteiger partial charge < -0.3 is 10.2 Å². The third kappa shape index (κ3) is 2.57. The van der Waals surface area contributed by atoms with E-state index in [2.05, 4.69) is 24.1 Å². The molecule has 0 saturated carbocycles. The fourth-order valence-corrected chi connectivity index (χ4v) is 2.15. The number of carbonyl (C=O) groups excluding carboxylic acids is 1. The molecule has 2 heterocycles. The Kier molecular flexibility index (Phi) is 3.05. The summed E-state index contributed by atoms with van der Waals surface area (Å²) < 4.78 is 0. The number of rotatable bonds is 2. The summed E-state index contributed by atoms with van der Waals surface area (Å²) in [7, 11) is 1.84. The lowest BCUT2D eigenvalue weighted by Crippen LogP contribution is -2.30. The highest BCUT2D eigenvalue weighted by Crippen LogP contribution is 2.29. The first-order valence-electron chi connectivity index (χ1n) is 5.95. The minimum atomic E-state index is 0.0349. The predicted molar refractivity (Wildman–Crippen MR) is 68.1 cm³/mol. The van der Waals surface area contributed by atoms with Gasteiger partial charge in [0.25, 0.3) is 5.91 Å². The molecule has 0 spiro atoms. The lowest BCUT2D eigenvalue weighted by Gasteiger charge is -2.19. The van der Waals surface area contributed by atoms with Gasteiger partial charge >= 0.3 is 0 Å². The molecule has 17 heavy (non-hydrogen) atoms. The molecule has 4 heteroatoms. The Morgan fingerprint density at radius 1 is 1.53 bits per heavy atom. The molecular formula is C13H19N3O. The van der Waals surface area contributed by atoms with Crippen LogP contribution in [0.25, 0.3) is 0 Å². The van der Waals surface area contributed by atoms with E-state index in [1.807, 2.05) is 18.0 Å². The van der Waals surface area contributed by atoms with Crippen molar-refractivity contribution in [2.75, 3.05) is 25.5 Å². The highest BCUT2D eigenvalue weighted by molar-refractivity contribution is 5.93. The summed E-state index contributed by atoms with van der Waals surface area (Å²) in [6.45, 7) is 6.03. The lowest BCUT2D eigenvalue weighted by molar-refractivity contribution is 0.0772. The van der Waals surface area contributed by atoms with Crippen LogP contribution in [0, 0.1) is 5.41 Å². The average Bonchev–Trinajstić information content (AvgIpc) is 2.69. The van der Waals surface area contributed by atoms with E-state index < -0.39 is 0 Å². The van der Waals surface area contributed by atoms with Gasteiger partial charge in [0.15, 0.2) is 0 Å². The van der Waals surface area contributed by atoms with Crippen molar-refractivity contribution in [3.8, 4) is 0 Å². The largest absolute Gasteiger partial charge is 0.388 e. The summed E-state index contributed by atoms with van der Waals surface area (Å²) in [5.41, 5.74) is 1.67. The molecule has 1 N–H and O–H groups in total. The number of aromatic nitrogens is 1. The standard InChI is InChI=1S/C13H19N3O/c1-13(2)5-7-16(9-13)12(17)11-8-10(14-3)4-6-15-11/h4,6,8H,5,7,9H2,1-3H3,(H,14,15). The van der Waals surface area contributed by atoms with Gasteiger partial charge in [-0.15, -0.1) is 0 Å². The van der Waals surface area contributed by atoms with Gasteiger partial charge in [0.05, 0.1) is 0 Å². The maximum atomic E-state index is 12.2. The first kappa shape index (κ1) is 11.9. The van der Waals surface area contributed by atoms with Crippen molar-refractivity contribution in [1.82, 2.24) is 9.88 Å². The minimum absolute atomic E-state index is 0.0349. The monoisotopic (exact) mass is 233 g/mol. The number of pyridine rings is 1. The third-order valence-corrected chi connectivity index (χ3v) is 3.23. The van der Waals surface area contributed by atoms with Crippen molar-refractivity contribution in [3.05, 3.63) is 24.0 Å². The van der Waals surface area contributed by atoms with E-state index in [4.69, 9.17) is 0 Å². The Balaban J connectivity index is 2.15. The van der Waals surface area contributed by atoms with Crippen LogP contribution in [0.15, 0.2) is 18.3 Å². The van der Waals surface area contributed by atoms with Crippen LogP contribution >= 0.6 is 0 Å². The molecule has 1 amide bonds. The molecule has 1 saturated heterocycles. The van der Waals surface area contributed by atoms with E-state index in [0.29, 0.717) is 5.69 Å². The van der Waals surface area contributed by atoms with Gasteiger partial charge in [0.2, 0.25) is 0 Å². The fourth-order valence-electron chi connectivity index (χ4n) is 2.15. The van der Waals surface area contributed by atoms with Crippen molar-refractivity contribution >= 4 is 11.6 Å². The molecule has 0 radical (unpaired) electrons. The predicted octanol–water partition coefficient (Wildman–Crippen LogP) is 2.00. The molecule has 1 fully saturated rings. The van der Waals surface area contributed by atoms with Gasteiger partial charge in [0, 0.05) is 32.0 Å². The van der Waals surface area contributed by atoms with Gasteiger partial charge in [-0.05, 0) is 24.0 Å². The van der Waals surface area contributed by atoms with Crippen LogP contribution in [0.1, 0.15) is 30.8 Å². The topological polar surface area (TPSA) is 45.2 Å². The number of likely N-dealkylation sites (tertiary alicyclic amines) is 1. The molecule has 1 aliphatic rings. The summed E-state index contributed by atoms with van der Waals surface area (Å²) in [6.07, 6.45) is 2.73. The second-order valence-electron chi connectivity index (χ2n) is 5.32. The zero-order valence-corrected chi connectivity index (χ0v) is 10.7. The van der Waals surface area contributed by atoms with Crippen LogP contribution in [0.4, 0.5) is 5.69 Å². The van der Waals surface area contributed by atoms with Crippen LogP contribution in [-0.4, -0.2) is 35.9 Å². The van der Waals surface area contributed by atoms with Crippen LogP contribution in [0.5, 0.6) is 0 Å². The van der Waals surface area contributed by atoms with E-state index in [0.717, 1.165) is 25.2 Å². The van der Waals surface area contributed by atoms with Gasteiger partial charge in [-0.25, -0.2) is 0 Å². The molecule has 0 bridgehead atoms. The molecule has 0 unspecified atom stereocenters. The molecule has 1 aromatic rings. The van der Waals surface area contributed by atoms with Crippen molar-refractivity contribution in [3.63, 3.8) is 0 Å². The van der Waals surface area contributed by atoms with Crippen LogP contribution in [0.3, 0.4) is 0 Å². The first-order valence-corrected chi connectivity index (χ1v) is 5.95. The highest BCUT2D eigenvalue weighted by Gasteiger charge is 2.32. The summed E-state index contributed by atoms with van der Waals surface area (Å²) in [5.74, 6) is 0.0349. The Labute approximate surface area is 102 Å². The SMILES string of the molecule is CNc1ccnc(C(=O)N2CCC(C)(C)C2)c1. The van der Waals surface area contributed by atoms with E-state index in [9.17, 15) is 4.79 Å². The Hall–Kier alpha value is -1.58. The van der Waals surface area contributed by atoms with E-state index in [1.165, 1.54) is 0 Å². The maximum Gasteiger partial charge on any atom is 0.272 e. The number of amides is 1. The van der Waals surface area contributed by atoms with Gasteiger partial charge in [-0.1, -0.05) is 13.8 Å². The van der Waals surface area contributed by atoms with E-state index in [-0.39, 0.29) is 11.3 Å². The Morgan fingerprint density at radius 3 is 2.88 bits per heavy atom. The summed E-state index contributed by atoms with van der Waals surface area (Å²) >= 11 is 0. The first-order chi connectivity index (χ1) is 8.02. The van der Waals surface area contributed by atoms with Crippen molar-refractivity contribution < 1.29 is 4.79 Å². The second kappa shape index (κ2) is 4.35. The summed E-state index contributed by atoms with van der Waals surface area (Å²) in [5, 5.41) is 3.02. The fraction of sp³-hybridized carbons (Fsp3) is 0.538. The lowest BCUT2D eigenvalue weighted by atomic mass is 9.93. The van der Waals surface area contributed by atoms with Crippen LogP contribution in [-0.2, 0) is 0 Å². The third-order valence-electron chi connectivity index (χ3n) is 3.23. The molecule has 1 aliphatic heterocycles. The van der Waals surface area contributed by atoms with Crippen molar-refractivity contribution in [2.24, 2.45) is 5.41 Å². The average molecular weight is 233 g/mol. The van der Waals surface area contributed by atoms with E-state index >= 15 is 0 Å².